The largest absolute Gasteiger partial charge is 0.497 e. The summed E-state index contributed by atoms with van der Waals surface area (Å²) >= 11 is 11.8. The number of carbonyl (C=O) groups excluding carboxylic acids is 1. The number of nitrogens with one attached hydrogen (secondary N) is 1. The number of amides is 1. The highest BCUT2D eigenvalue weighted by Gasteiger charge is 2.27. The van der Waals surface area contributed by atoms with Crippen molar-refractivity contribution in [2.75, 3.05) is 27.8 Å². The number of hydrogen-bond acceptors (Lipinski definition) is 6. The molecular formula is C18H19Cl2N3O5S. The van der Waals surface area contributed by atoms with Gasteiger partial charge in [-0.25, -0.2) is 13.8 Å². The van der Waals surface area contributed by atoms with Crippen molar-refractivity contribution in [2.24, 2.45) is 5.10 Å². The number of nitrogens with zero attached hydrogens (tertiary/aromatic N) is 2. The van der Waals surface area contributed by atoms with Gasteiger partial charge in [-0.2, -0.15) is 9.41 Å². The predicted molar refractivity (Wildman–Crippen MR) is 112 cm³/mol. The van der Waals surface area contributed by atoms with E-state index in [4.69, 9.17) is 32.7 Å². The lowest BCUT2D eigenvalue weighted by molar-refractivity contribution is -0.121. The molecule has 2 aromatic carbocycles. The molecule has 29 heavy (non-hydrogen) atoms. The molecule has 0 bridgehead atoms. The van der Waals surface area contributed by atoms with Gasteiger partial charge in [-0.3, -0.25) is 4.79 Å². The van der Waals surface area contributed by atoms with Gasteiger partial charge in [0, 0.05) is 23.7 Å². The minimum absolute atomic E-state index is 0.119. The molecule has 2 rings (SSSR count). The fourth-order valence-corrected chi connectivity index (χ4v) is 4.01. The highest BCUT2D eigenvalue weighted by atomic mass is 35.5. The lowest BCUT2D eigenvalue weighted by Crippen LogP contribution is -2.36. The van der Waals surface area contributed by atoms with Gasteiger partial charge in [0.25, 0.3) is 5.91 Å². The maximum absolute atomic E-state index is 12.8. The van der Waals surface area contributed by atoms with Crippen LogP contribution < -0.4 is 14.9 Å². The van der Waals surface area contributed by atoms with Gasteiger partial charge in [0.05, 0.1) is 32.0 Å². The van der Waals surface area contributed by atoms with E-state index in [1.54, 1.807) is 18.2 Å². The Balaban J connectivity index is 2.09. The van der Waals surface area contributed by atoms with Crippen LogP contribution in [0, 0.1) is 0 Å². The fourth-order valence-electron chi connectivity index (χ4n) is 2.26. The summed E-state index contributed by atoms with van der Waals surface area (Å²) < 4.78 is 36.7. The number of hydrogen-bond donors (Lipinski definition) is 1. The van der Waals surface area contributed by atoms with Gasteiger partial charge in [0.1, 0.15) is 16.4 Å². The molecule has 156 valence electrons. The van der Waals surface area contributed by atoms with Crippen molar-refractivity contribution in [2.45, 2.75) is 4.90 Å². The monoisotopic (exact) mass is 459 g/mol. The van der Waals surface area contributed by atoms with Crippen LogP contribution in [0.5, 0.6) is 11.5 Å². The average molecular weight is 460 g/mol. The summed E-state index contributed by atoms with van der Waals surface area (Å²) in [6, 6.07) is 9.16. The van der Waals surface area contributed by atoms with Crippen LogP contribution in [0.25, 0.3) is 0 Å². The number of benzene rings is 2. The Kier molecular flexibility index (Phi) is 7.86. The molecule has 0 atom stereocenters. The first-order valence-corrected chi connectivity index (χ1v) is 10.3. The molecule has 8 nitrogen and oxygen atoms in total. The summed E-state index contributed by atoms with van der Waals surface area (Å²) in [5.74, 6) is -0.167. The van der Waals surface area contributed by atoms with Gasteiger partial charge in [0.2, 0.25) is 10.0 Å². The minimum atomic E-state index is -4.02. The van der Waals surface area contributed by atoms with Gasteiger partial charge < -0.3 is 9.47 Å². The third kappa shape index (κ3) is 5.83. The van der Waals surface area contributed by atoms with Crippen LogP contribution in [0.15, 0.2) is 46.4 Å². The molecule has 0 aliphatic carbocycles. The Labute approximate surface area is 179 Å². The van der Waals surface area contributed by atoms with Crippen LogP contribution in [0.1, 0.15) is 5.56 Å². The molecule has 0 unspecified atom stereocenters. The van der Waals surface area contributed by atoms with Gasteiger partial charge in [-0.1, -0.05) is 29.3 Å². The van der Waals surface area contributed by atoms with Crippen molar-refractivity contribution in [3.8, 4) is 11.5 Å². The predicted octanol–water partition coefficient (Wildman–Crippen LogP) is 2.78. The number of ether oxygens (including phenoxy) is 2. The first kappa shape index (κ1) is 23.0. The zero-order chi connectivity index (χ0) is 21.6. The zero-order valence-corrected chi connectivity index (χ0v) is 18.2. The van der Waals surface area contributed by atoms with Crippen molar-refractivity contribution < 1.29 is 22.7 Å². The van der Waals surface area contributed by atoms with Crippen LogP contribution in [-0.4, -0.2) is 52.7 Å². The molecule has 0 fully saturated rings. The summed E-state index contributed by atoms with van der Waals surface area (Å²) in [5, 5.41) is 4.61. The highest BCUT2D eigenvalue weighted by Crippen LogP contribution is 2.30. The first-order valence-electron chi connectivity index (χ1n) is 8.14. The van der Waals surface area contributed by atoms with Crippen molar-refractivity contribution in [3.05, 3.63) is 52.0 Å². The molecule has 0 spiro atoms. The molecule has 1 N–H and O–H groups in total. The second kappa shape index (κ2) is 9.93. The SMILES string of the molecule is COc1ccc(OC)c(S(=O)(=O)N(C)CC(=O)N/N=C/c2ccc(Cl)cc2Cl)c1. The third-order valence-corrected chi connectivity index (χ3v) is 6.17. The number of sulfonamides is 1. The Bertz CT molecular complexity index is 1030. The Morgan fingerprint density at radius 1 is 1.17 bits per heavy atom. The van der Waals surface area contributed by atoms with E-state index in [1.165, 1.54) is 45.7 Å². The minimum Gasteiger partial charge on any atom is -0.497 e. The molecule has 0 aromatic heterocycles. The lowest BCUT2D eigenvalue weighted by atomic mass is 10.2. The molecule has 0 heterocycles. The zero-order valence-electron chi connectivity index (χ0n) is 15.8. The van der Waals surface area contributed by atoms with Crippen molar-refractivity contribution in [3.63, 3.8) is 0 Å². The molecule has 0 aliphatic heterocycles. The van der Waals surface area contributed by atoms with Crippen LogP contribution >= 0.6 is 23.2 Å². The second-order valence-corrected chi connectivity index (χ2v) is 8.59. The topological polar surface area (TPSA) is 97.3 Å². The average Bonchev–Trinajstić information content (AvgIpc) is 2.68. The number of halogens is 2. The standard InChI is InChI=1S/C18H19Cl2N3O5S/c1-23(29(25,26)17-9-14(27-2)6-7-16(17)28-3)11-18(24)22-21-10-12-4-5-13(19)8-15(12)20/h4-10H,11H2,1-3H3,(H,22,24)/b21-10+. The van der Waals surface area contributed by atoms with Crippen molar-refractivity contribution in [1.29, 1.82) is 0 Å². The summed E-state index contributed by atoms with van der Waals surface area (Å²) in [5.41, 5.74) is 2.80. The summed E-state index contributed by atoms with van der Waals surface area (Å²) in [6.45, 7) is -0.464. The molecule has 11 heteroatoms. The Hall–Kier alpha value is -2.33. The highest BCUT2D eigenvalue weighted by molar-refractivity contribution is 7.89. The lowest BCUT2D eigenvalue weighted by Gasteiger charge is -2.18. The molecule has 1 amide bonds. The Morgan fingerprint density at radius 3 is 2.52 bits per heavy atom. The maximum atomic E-state index is 12.8. The molecule has 0 saturated carbocycles. The third-order valence-electron chi connectivity index (χ3n) is 3.78. The van der Waals surface area contributed by atoms with E-state index in [-0.39, 0.29) is 10.6 Å². The van der Waals surface area contributed by atoms with Crippen LogP contribution in [0.3, 0.4) is 0 Å². The van der Waals surface area contributed by atoms with Crippen LogP contribution in [0.2, 0.25) is 10.0 Å². The molecule has 2 aromatic rings. The number of rotatable bonds is 8. The summed E-state index contributed by atoms with van der Waals surface area (Å²) in [7, 11) is 0.0215. The van der Waals surface area contributed by atoms with Gasteiger partial charge in [0.15, 0.2) is 0 Å². The van der Waals surface area contributed by atoms with E-state index in [0.717, 1.165) is 4.31 Å². The quantitative estimate of drug-likeness (QED) is 0.483. The maximum Gasteiger partial charge on any atom is 0.255 e. The van der Waals surface area contributed by atoms with Gasteiger partial charge in [-0.05, 0) is 24.3 Å². The van der Waals surface area contributed by atoms with Crippen LogP contribution in [0.4, 0.5) is 0 Å². The van der Waals surface area contributed by atoms with E-state index in [0.29, 0.717) is 21.4 Å². The number of likely N-dealkylation sites (N-methyl/N-ethyl adjacent to an activating group) is 1. The smallest absolute Gasteiger partial charge is 0.255 e. The number of methoxy groups -OCH3 is 2. The summed E-state index contributed by atoms with van der Waals surface area (Å²) in [4.78, 5) is 12.0. The van der Waals surface area contributed by atoms with E-state index >= 15 is 0 Å². The normalized spacial score (nSPS) is 11.7. The molecular weight excluding hydrogens is 441 g/mol. The van der Waals surface area contributed by atoms with Crippen molar-refractivity contribution in [1.82, 2.24) is 9.73 Å². The molecule has 0 saturated heterocycles. The molecule has 0 aliphatic rings. The van der Waals surface area contributed by atoms with E-state index in [2.05, 4.69) is 10.5 Å². The fraction of sp³-hybridized carbons (Fsp3) is 0.222. The molecule has 0 radical (unpaired) electrons. The summed E-state index contributed by atoms with van der Waals surface area (Å²) in [6.07, 6.45) is 1.33. The van der Waals surface area contributed by atoms with E-state index in [1.807, 2.05) is 0 Å². The van der Waals surface area contributed by atoms with Gasteiger partial charge >= 0.3 is 0 Å². The Morgan fingerprint density at radius 2 is 1.90 bits per heavy atom. The first-order chi connectivity index (χ1) is 13.7. The van der Waals surface area contributed by atoms with Crippen molar-refractivity contribution >= 4 is 45.3 Å². The van der Waals surface area contributed by atoms with E-state index < -0.39 is 22.5 Å². The number of carbonyl (C=O) groups is 1. The van der Waals surface area contributed by atoms with E-state index in [9.17, 15) is 13.2 Å². The van der Waals surface area contributed by atoms with Gasteiger partial charge in [-0.15, -0.1) is 0 Å². The van der Waals surface area contributed by atoms with Crippen LogP contribution in [-0.2, 0) is 14.8 Å². The number of hydrazone groups is 1. The second-order valence-electron chi connectivity index (χ2n) is 5.74.